The lowest BCUT2D eigenvalue weighted by Crippen LogP contribution is -2.27. The predicted octanol–water partition coefficient (Wildman–Crippen LogP) is 5.62. The van der Waals surface area contributed by atoms with Crippen molar-refractivity contribution in [3.63, 3.8) is 0 Å². The number of carbonyl (C=O) groups excluding carboxylic acids is 2. The molecule has 0 saturated carbocycles. The number of esters is 1. The Hall–Kier alpha value is -4.46. The molecular weight excluding hydrogens is 484 g/mol. The van der Waals surface area contributed by atoms with Crippen LogP contribution in [0.1, 0.15) is 42.9 Å². The van der Waals surface area contributed by atoms with Gasteiger partial charge < -0.3 is 29.6 Å². The molecule has 3 aromatic rings. The highest BCUT2D eigenvalue weighted by Crippen LogP contribution is 2.46. The van der Waals surface area contributed by atoms with Crippen molar-refractivity contribution in [2.45, 2.75) is 31.7 Å². The Labute approximate surface area is 221 Å². The van der Waals surface area contributed by atoms with E-state index in [-0.39, 0.29) is 11.7 Å². The number of para-hydroxylation sites is 2. The van der Waals surface area contributed by atoms with E-state index in [9.17, 15) is 9.59 Å². The van der Waals surface area contributed by atoms with Crippen molar-refractivity contribution in [3.05, 3.63) is 83.1 Å². The molecule has 2 N–H and O–H groups in total. The summed E-state index contributed by atoms with van der Waals surface area (Å²) in [6, 6.07) is 18.6. The van der Waals surface area contributed by atoms with Crippen molar-refractivity contribution in [2.24, 2.45) is 0 Å². The summed E-state index contributed by atoms with van der Waals surface area (Å²) in [6.45, 7) is 1.34. The van der Waals surface area contributed by atoms with E-state index in [1.54, 1.807) is 20.3 Å². The molecule has 2 atom stereocenters. The first kappa shape index (κ1) is 25.2. The predicted molar refractivity (Wildman–Crippen MR) is 144 cm³/mol. The first-order chi connectivity index (χ1) is 18.4. The zero-order valence-electron chi connectivity index (χ0n) is 21.8. The monoisotopic (exact) mass is 514 g/mol. The maximum absolute atomic E-state index is 13.8. The number of benzene rings is 3. The second-order valence-corrected chi connectivity index (χ2v) is 9.29. The first-order valence-electron chi connectivity index (χ1n) is 12.4. The Morgan fingerprint density at radius 3 is 2.13 bits per heavy atom. The molecule has 0 amide bonds. The van der Waals surface area contributed by atoms with E-state index >= 15 is 0 Å². The average molecular weight is 515 g/mol. The highest BCUT2D eigenvalue weighted by Gasteiger charge is 2.36. The Balaban J connectivity index is 1.58. The topological polar surface area (TPSA) is 95.1 Å². The molecule has 0 saturated heterocycles. The number of rotatable bonds is 6. The summed E-state index contributed by atoms with van der Waals surface area (Å²) >= 11 is 0. The third-order valence-electron chi connectivity index (χ3n) is 6.96. The molecule has 8 heteroatoms. The van der Waals surface area contributed by atoms with Crippen molar-refractivity contribution >= 4 is 23.1 Å². The molecule has 0 bridgehead atoms. The lowest BCUT2D eigenvalue weighted by atomic mass is 9.78. The minimum absolute atomic E-state index is 0.0275. The number of ketones is 1. The molecule has 0 spiro atoms. The standard InChI is InChI=1S/C30H30N2O6/c1-17(33)38-26-12-10-19(16-28(26)37-4)30-29-23(31-21-7-5-6-8-22(21)32-30)13-20(14-24(29)34)18-9-11-25(35-2)27(15-18)36-3/h5-12,15-16,20,30-32H,13-14H2,1-4H3. The van der Waals surface area contributed by atoms with Gasteiger partial charge in [0.05, 0.1) is 38.7 Å². The highest BCUT2D eigenvalue weighted by atomic mass is 16.6. The average Bonchev–Trinajstić information content (AvgIpc) is 3.09. The van der Waals surface area contributed by atoms with Crippen LogP contribution in [-0.2, 0) is 9.59 Å². The second kappa shape index (κ2) is 10.5. The van der Waals surface area contributed by atoms with Gasteiger partial charge in [0, 0.05) is 24.6 Å². The van der Waals surface area contributed by atoms with E-state index in [1.807, 2.05) is 54.6 Å². The van der Waals surface area contributed by atoms with Crippen molar-refractivity contribution in [3.8, 4) is 23.0 Å². The number of fused-ring (bicyclic) bond motifs is 1. The van der Waals surface area contributed by atoms with Crippen LogP contribution < -0.4 is 29.6 Å². The van der Waals surface area contributed by atoms with Gasteiger partial charge in [0.1, 0.15) is 0 Å². The number of methoxy groups -OCH3 is 3. The number of anilines is 2. The Kier molecular flexibility index (Phi) is 6.96. The largest absolute Gasteiger partial charge is 0.493 e. The van der Waals surface area contributed by atoms with Crippen LogP contribution in [-0.4, -0.2) is 33.1 Å². The van der Waals surface area contributed by atoms with Gasteiger partial charge in [-0.25, -0.2) is 0 Å². The van der Waals surface area contributed by atoms with Crippen LogP contribution in [0.25, 0.3) is 0 Å². The molecule has 38 heavy (non-hydrogen) atoms. The number of nitrogens with one attached hydrogen (secondary N) is 2. The number of allylic oxidation sites excluding steroid dienone is 1. The lowest BCUT2D eigenvalue weighted by Gasteiger charge is -2.30. The number of hydrogen-bond acceptors (Lipinski definition) is 8. The molecule has 5 rings (SSSR count). The first-order valence-corrected chi connectivity index (χ1v) is 12.4. The molecule has 1 aliphatic carbocycles. The fraction of sp³-hybridized carbons (Fsp3) is 0.267. The van der Waals surface area contributed by atoms with E-state index < -0.39 is 12.0 Å². The number of ether oxygens (including phenoxy) is 4. The quantitative estimate of drug-likeness (QED) is 0.323. The van der Waals surface area contributed by atoms with Crippen LogP contribution in [0, 0.1) is 0 Å². The lowest BCUT2D eigenvalue weighted by molar-refractivity contribution is -0.132. The summed E-state index contributed by atoms with van der Waals surface area (Å²) in [7, 11) is 4.73. The number of hydrogen-bond donors (Lipinski definition) is 2. The molecule has 0 radical (unpaired) electrons. The van der Waals surface area contributed by atoms with Crippen molar-refractivity contribution in [1.29, 1.82) is 0 Å². The molecule has 8 nitrogen and oxygen atoms in total. The second-order valence-electron chi connectivity index (χ2n) is 9.29. The van der Waals surface area contributed by atoms with Gasteiger partial charge in [-0.1, -0.05) is 24.3 Å². The molecule has 3 aromatic carbocycles. The number of carbonyl (C=O) groups is 2. The molecule has 0 aromatic heterocycles. The van der Waals surface area contributed by atoms with Gasteiger partial charge in [0.15, 0.2) is 28.8 Å². The van der Waals surface area contributed by atoms with Crippen molar-refractivity contribution in [1.82, 2.24) is 0 Å². The Morgan fingerprint density at radius 1 is 0.789 bits per heavy atom. The SMILES string of the molecule is COc1ccc(C2CC(=O)C3=C(C2)Nc2ccccc2NC3c2ccc(OC(C)=O)c(OC)c2)cc1OC. The van der Waals surface area contributed by atoms with E-state index in [4.69, 9.17) is 18.9 Å². The normalized spacial score (nSPS) is 18.3. The fourth-order valence-corrected chi connectivity index (χ4v) is 5.19. The summed E-state index contributed by atoms with van der Waals surface area (Å²) in [5, 5.41) is 7.11. The summed E-state index contributed by atoms with van der Waals surface area (Å²) in [4.78, 5) is 25.4. The third kappa shape index (κ3) is 4.77. The zero-order chi connectivity index (χ0) is 26.8. The van der Waals surface area contributed by atoms with Gasteiger partial charge in [-0.2, -0.15) is 0 Å². The molecular formula is C30H30N2O6. The third-order valence-corrected chi connectivity index (χ3v) is 6.96. The van der Waals surface area contributed by atoms with Gasteiger partial charge >= 0.3 is 5.97 Å². The van der Waals surface area contributed by atoms with Crippen LogP contribution in [0.4, 0.5) is 11.4 Å². The van der Waals surface area contributed by atoms with Crippen molar-refractivity contribution in [2.75, 3.05) is 32.0 Å². The van der Waals surface area contributed by atoms with Crippen LogP contribution in [0.3, 0.4) is 0 Å². The molecule has 2 aliphatic rings. The summed E-state index contributed by atoms with van der Waals surface area (Å²) < 4.78 is 21.7. The van der Waals surface area contributed by atoms with E-state index in [0.29, 0.717) is 41.4 Å². The number of Topliss-reactive ketones (excluding diaryl/α,β-unsaturated/α-hetero) is 1. The van der Waals surface area contributed by atoms with Gasteiger partial charge in [0.25, 0.3) is 0 Å². The molecule has 196 valence electrons. The Morgan fingerprint density at radius 2 is 1.42 bits per heavy atom. The van der Waals surface area contributed by atoms with Crippen LogP contribution >= 0.6 is 0 Å². The van der Waals surface area contributed by atoms with E-state index in [0.717, 1.165) is 28.2 Å². The molecule has 2 unspecified atom stereocenters. The maximum atomic E-state index is 13.8. The van der Waals surface area contributed by atoms with Gasteiger partial charge in [-0.05, 0) is 59.9 Å². The molecule has 1 aliphatic heterocycles. The summed E-state index contributed by atoms with van der Waals surface area (Å²) in [5.74, 6) is 1.61. The van der Waals surface area contributed by atoms with Crippen LogP contribution in [0.15, 0.2) is 71.9 Å². The smallest absolute Gasteiger partial charge is 0.308 e. The van der Waals surface area contributed by atoms with Crippen LogP contribution in [0.5, 0.6) is 23.0 Å². The summed E-state index contributed by atoms with van der Waals surface area (Å²) in [5.41, 5.74) is 5.16. The minimum atomic E-state index is -0.435. The molecule has 1 heterocycles. The minimum Gasteiger partial charge on any atom is -0.493 e. The Bertz CT molecular complexity index is 1430. The molecule has 0 fully saturated rings. The van der Waals surface area contributed by atoms with Crippen LogP contribution in [0.2, 0.25) is 0 Å². The summed E-state index contributed by atoms with van der Waals surface area (Å²) in [6.07, 6.45) is 0.999. The van der Waals surface area contributed by atoms with Crippen molar-refractivity contribution < 1.29 is 28.5 Å². The fourth-order valence-electron chi connectivity index (χ4n) is 5.19. The van der Waals surface area contributed by atoms with E-state index in [2.05, 4.69) is 10.6 Å². The van der Waals surface area contributed by atoms with Gasteiger partial charge in [-0.15, -0.1) is 0 Å². The van der Waals surface area contributed by atoms with E-state index in [1.165, 1.54) is 14.0 Å². The zero-order valence-corrected chi connectivity index (χ0v) is 21.8. The van der Waals surface area contributed by atoms with Gasteiger partial charge in [-0.3, -0.25) is 9.59 Å². The highest BCUT2D eigenvalue weighted by molar-refractivity contribution is 6.01. The van der Waals surface area contributed by atoms with Gasteiger partial charge in [0.2, 0.25) is 0 Å². The maximum Gasteiger partial charge on any atom is 0.308 e.